The molecule has 1 unspecified atom stereocenters. The monoisotopic (exact) mass is 490 g/mol. The largest absolute Gasteiger partial charge is 0.357 e. The highest BCUT2D eigenvalue weighted by molar-refractivity contribution is 9.10. The first kappa shape index (κ1) is 21.8. The predicted octanol–water partition coefficient (Wildman–Crippen LogP) is 3.63. The van der Waals surface area contributed by atoms with Crippen molar-refractivity contribution in [3.8, 4) is 0 Å². The number of carbonyl (C=O) groups is 1. The Balaban J connectivity index is 1.34. The van der Waals surface area contributed by atoms with E-state index in [1.807, 2.05) is 29.4 Å². The van der Waals surface area contributed by atoms with Crippen molar-refractivity contribution < 1.29 is 9.53 Å². The number of carbonyl (C=O) groups excluding carboxylic acids is 1. The molecule has 1 aromatic carbocycles. The lowest BCUT2D eigenvalue weighted by Crippen LogP contribution is -2.56. The van der Waals surface area contributed by atoms with Gasteiger partial charge in [0.2, 0.25) is 5.91 Å². The maximum Gasteiger partial charge on any atom is 0.239 e. The van der Waals surface area contributed by atoms with Crippen molar-refractivity contribution in [3.63, 3.8) is 0 Å². The van der Waals surface area contributed by atoms with Gasteiger partial charge in [0.1, 0.15) is 6.23 Å². The topological polar surface area (TPSA) is 48.9 Å². The van der Waals surface area contributed by atoms with Crippen LogP contribution in [0, 0.1) is 0 Å². The van der Waals surface area contributed by atoms with Crippen LogP contribution in [0.2, 0.25) is 0 Å². The number of ether oxygens (including phenoxy) is 1. The van der Waals surface area contributed by atoms with Gasteiger partial charge >= 0.3 is 0 Å². The van der Waals surface area contributed by atoms with Crippen molar-refractivity contribution in [1.82, 2.24) is 19.1 Å². The summed E-state index contributed by atoms with van der Waals surface area (Å²) in [5.41, 5.74) is 1.27. The molecule has 3 heterocycles. The van der Waals surface area contributed by atoms with Crippen LogP contribution >= 0.6 is 27.9 Å². The smallest absolute Gasteiger partial charge is 0.239 e. The lowest BCUT2D eigenvalue weighted by molar-refractivity contribution is -0.156. The molecule has 0 spiro atoms. The second kappa shape index (κ2) is 10.7. The van der Waals surface area contributed by atoms with Crippen molar-refractivity contribution in [2.24, 2.45) is 0 Å². The fraction of sp³-hybridized carbons (Fsp3) is 0.455. The number of benzene rings is 1. The second-order valence-electron chi connectivity index (χ2n) is 7.62. The lowest BCUT2D eigenvalue weighted by atomic mass is 10.2. The van der Waals surface area contributed by atoms with Crippen LogP contribution in [0.25, 0.3) is 0 Å². The standard InChI is InChI=1S/C22H27BrN4O2S/c23-19-3-5-20(6-4-19)30-26-16-21(28)27-13-1-11-25(12-2-14-29-22(27)17-26)15-18-7-9-24-10-8-18/h3-10,22H,1-2,11-17H2. The number of aromatic nitrogens is 1. The molecule has 2 fully saturated rings. The van der Waals surface area contributed by atoms with Gasteiger partial charge in [-0.2, -0.15) is 0 Å². The van der Waals surface area contributed by atoms with E-state index in [2.05, 4.69) is 54.4 Å². The summed E-state index contributed by atoms with van der Waals surface area (Å²) in [6, 6.07) is 12.3. The summed E-state index contributed by atoms with van der Waals surface area (Å²) >= 11 is 5.10. The number of hydrogen-bond donors (Lipinski definition) is 0. The molecule has 0 saturated carbocycles. The van der Waals surface area contributed by atoms with Crippen LogP contribution in [0.4, 0.5) is 0 Å². The molecule has 8 heteroatoms. The first-order valence-corrected chi connectivity index (χ1v) is 11.9. The Hall–Kier alpha value is -1.45. The molecule has 4 rings (SSSR count). The predicted molar refractivity (Wildman–Crippen MR) is 122 cm³/mol. The number of hydrogen-bond acceptors (Lipinski definition) is 6. The van der Waals surface area contributed by atoms with Gasteiger partial charge in [-0.1, -0.05) is 15.9 Å². The summed E-state index contributed by atoms with van der Waals surface area (Å²) in [4.78, 5) is 22.5. The van der Waals surface area contributed by atoms with E-state index in [1.165, 1.54) is 5.56 Å². The van der Waals surface area contributed by atoms with E-state index in [0.717, 1.165) is 54.9 Å². The van der Waals surface area contributed by atoms with Gasteiger partial charge in [-0.15, -0.1) is 0 Å². The van der Waals surface area contributed by atoms with Crippen LogP contribution in [0.5, 0.6) is 0 Å². The minimum atomic E-state index is -0.166. The molecule has 6 nitrogen and oxygen atoms in total. The van der Waals surface area contributed by atoms with E-state index in [4.69, 9.17) is 4.74 Å². The number of nitrogens with zero attached hydrogens (tertiary/aromatic N) is 4. The van der Waals surface area contributed by atoms with Gasteiger partial charge in [0.25, 0.3) is 0 Å². The molecule has 0 N–H and O–H groups in total. The first-order valence-electron chi connectivity index (χ1n) is 10.4. The molecule has 0 bridgehead atoms. The molecular weight excluding hydrogens is 464 g/mol. The molecule has 2 saturated heterocycles. The third kappa shape index (κ3) is 6.04. The molecule has 160 valence electrons. The van der Waals surface area contributed by atoms with Crippen molar-refractivity contribution in [3.05, 3.63) is 58.8 Å². The molecule has 1 atom stereocenters. The molecule has 2 aliphatic rings. The van der Waals surface area contributed by atoms with E-state index in [9.17, 15) is 4.79 Å². The highest BCUT2D eigenvalue weighted by Gasteiger charge is 2.33. The Labute approximate surface area is 190 Å². The van der Waals surface area contributed by atoms with Crippen molar-refractivity contribution >= 4 is 33.8 Å². The number of amides is 1. The Bertz CT molecular complexity index is 824. The van der Waals surface area contributed by atoms with Crippen LogP contribution in [0.1, 0.15) is 18.4 Å². The molecule has 1 aromatic heterocycles. The Morgan fingerprint density at radius 3 is 2.63 bits per heavy atom. The summed E-state index contributed by atoms with van der Waals surface area (Å²) in [6.07, 6.45) is 5.43. The van der Waals surface area contributed by atoms with Crippen LogP contribution < -0.4 is 0 Å². The van der Waals surface area contributed by atoms with Gasteiger partial charge in [-0.05, 0) is 66.8 Å². The van der Waals surface area contributed by atoms with Gasteiger partial charge in [0.05, 0.1) is 19.7 Å². The summed E-state index contributed by atoms with van der Waals surface area (Å²) in [5.74, 6) is 0.150. The van der Waals surface area contributed by atoms with E-state index in [1.54, 1.807) is 11.9 Å². The van der Waals surface area contributed by atoms with Gasteiger partial charge < -0.3 is 9.64 Å². The Kier molecular flexibility index (Phi) is 7.78. The van der Waals surface area contributed by atoms with Crippen molar-refractivity contribution in [1.29, 1.82) is 0 Å². The van der Waals surface area contributed by atoms with Gasteiger partial charge in [-0.25, -0.2) is 4.31 Å². The third-order valence-corrected chi connectivity index (χ3v) is 6.89. The molecule has 0 aliphatic carbocycles. The first-order chi connectivity index (χ1) is 14.7. The maximum absolute atomic E-state index is 12.9. The average Bonchev–Trinajstić information content (AvgIpc) is 2.75. The molecular formula is C22H27BrN4O2S. The zero-order chi connectivity index (χ0) is 20.8. The van der Waals surface area contributed by atoms with E-state index in [0.29, 0.717) is 13.2 Å². The maximum atomic E-state index is 12.9. The molecule has 2 aromatic rings. The SMILES string of the molecule is O=C1CN(Sc2ccc(Br)cc2)CC2OCCCN(Cc3ccncc3)CCCN12. The molecule has 2 aliphatic heterocycles. The van der Waals surface area contributed by atoms with Crippen LogP contribution in [-0.4, -0.2) is 70.6 Å². The van der Waals surface area contributed by atoms with Crippen molar-refractivity contribution in [2.45, 2.75) is 30.5 Å². The lowest BCUT2D eigenvalue weighted by Gasteiger charge is -2.41. The summed E-state index contributed by atoms with van der Waals surface area (Å²) in [6.45, 7) is 5.45. The quantitative estimate of drug-likeness (QED) is 0.609. The zero-order valence-corrected chi connectivity index (χ0v) is 19.4. The highest BCUT2D eigenvalue weighted by Crippen LogP contribution is 2.28. The van der Waals surface area contributed by atoms with Gasteiger partial charge in [0, 0.05) is 47.9 Å². The molecule has 30 heavy (non-hydrogen) atoms. The fourth-order valence-electron chi connectivity index (χ4n) is 3.85. The fourth-order valence-corrected chi connectivity index (χ4v) is 5.05. The van der Waals surface area contributed by atoms with Gasteiger partial charge in [0.15, 0.2) is 0 Å². The Morgan fingerprint density at radius 2 is 1.83 bits per heavy atom. The normalized spacial score (nSPS) is 22.0. The van der Waals surface area contributed by atoms with Crippen LogP contribution in [0.15, 0.2) is 58.2 Å². The van der Waals surface area contributed by atoms with E-state index in [-0.39, 0.29) is 12.1 Å². The number of rotatable bonds is 4. The third-order valence-electron chi connectivity index (χ3n) is 5.35. The summed E-state index contributed by atoms with van der Waals surface area (Å²) in [7, 11) is 0. The molecule has 0 radical (unpaired) electrons. The number of pyridine rings is 1. The Morgan fingerprint density at radius 1 is 1.07 bits per heavy atom. The van der Waals surface area contributed by atoms with Crippen molar-refractivity contribution in [2.75, 3.05) is 39.3 Å². The van der Waals surface area contributed by atoms with Crippen LogP contribution in [0.3, 0.4) is 0 Å². The number of fused-ring (bicyclic) bond motifs is 1. The molecule has 1 amide bonds. The van der Waals surface area contributed by atoms with E-state index >= 15 is 0 Å². The summed E-state index contributed by atoms with van der Waals surface area (Å²) in [5, 5.41) is 0. The summed E-state index contributed by atoms with van der Waals surface area (Å²) < 4.78 is 9.36. The number of piperazine rings is 1. The second-order valence-corrected chi connectivity index (χ2v) is 9.71. The van der Waals surface area contributed by atoms with E-state index < -0.39 is 0 Å². The zero-order valence-electron chi connectivity index (χ0n) is 17.0. The van der Waals surface area contributed by atoms with Crippen LogP contribution in [-0.2, 0) is 16.1 Å². The minimum Gasteiger partial charge on any atom is -0.357 e. The highest BCUT2D eigenvalue weighted by atomic mass is 79.9. The van der Waals surface area contributed by atoms with Gasteiger partial charge in [-0.3, -0.25) is 14.7 Å². The number of halogens is 1. The minimum absolute atomic E-state index is 0.150. The average molecular weight is 491 g/mol.